The molecule has 16 heavy (non-hydrogen) atoms. The van der Waals surface area contributed by atoms with Crippen molar-refractivity contribution in [1.29, 1.82) is 0 Å². The third-order valence-electron chi connectivity index (χ3n) is 2.44. The zero-order chi connectivity index (χ0) is 11.7. The van der Waals surface area contributed by atoms with Crippen LogP contribution in [0.15, 0.2) is 18.2 Å². The van der Waals surface area contributed by atoms with Gasteiger partial charge in [-0.25, -0.2) is 9.97 Å². The lowest BCUT2D eigenvalue weighted by atomic mass is 10.1. The molecule has 0 aliphatic rings. The standard InChI is InChI=1S/C12H12N2O2/c1-7-4-3-5-9-10(6-11(15)16)13-8(2)14-12(7)9/h3-5H,6H2,1-2H3,(H,15,16). The lowest BCUT2D eigenvalue weighted by Gasteiger charge is -2.06. The Balaban J connectivity index is 2.72. The van der Waals surface area contributed by atoms with Crippen molar-refractivity contribution in [2.24, 2.45) is 0 Å². The summed E-state index contributed by atoms with van der Waals surface area (Å²) in [6.07, 6.45) is -0.0662. The van der Waals surface area contributed by atoms with E-state index in [1.165, 1.54) is 0 Å². The Morgan fingerprint density at radius 1 is 1.31 bits per heavy atom. The van der Waals surface area contributed by atoms with E-state index < -0.39 is 5.97 Å². The van der Waals surface area contributed by atoms with Crippen LogP contribution in [-0.2, 0) is 11.2 Å². The third kappa shape index (κ3) is 1.86. The maximum absolute atomic E-state index is 10.7. The Labute approximate surface area is 93.0 Å². The van der Waals surface area contributed by atoms with Crippen molar-refractivity contribution in [1.82, 2.24) is 9.97 Å². The topological polar surface area (TPSA) is 63.1 Å². The lowest BCUT2D eigenvalue weighted by Crippen LogP contribution is -2.05. The summed E-state index contributed by atoms with van der Waals surface area (Å²) in [6, 6.07) is 5.71. The van der Waals surface area contributed by atoms with Crippen LogP contribution in [-0.4, -0.2) is 21.0 Å². The molecule has 0 unspecified atom stereocenters. The van der Waals surface area contributed by atoms with Crippen LogP contribution in [0, 0.1) is 13.8 Å². The van der Waals surface area contributed by atoms with E-state index in [1.54, 1.807) is 6.92 Å². The van der Waals surface area contributed by atoms with E-state index in [9.17, 15) is 4.79 Å². The average molecular weight is 216 g/mol. The number of carboxylic acid groups (broad SMARTS) is 1. The van der Waals surface area contributed by atoms with E-state index in [0.717, 1.165) is 16.5 Å². The fraction of sp³-hybridized carbons (Fsp3) is 0.250. The molecule has 2 rings (SSSR count). The van der Waals surface area contributed by atoms with Gasteiger partial charge in [-0.15, -0.1) is 0 Å². The molecule has 0 saturated carbocycles. The van der Waals surface area contributed by atoms with Gasteiger partial charge in [-0.3, -0.25) is 4.79 Å². The van der Waals surface area contributed by atoms with Crippen LogP contribution < -0.4 is 0 Å². The van der Waals surface area contributed by atoms with Crippen molar-refractivity contribution in [3.05, 3.63) is 35.3 Å². The van der Waals surface area contributed by atoms with Crippen LogP contribution in [0.5, 0.6) is 0 Å². The highest BCUT2D eigenvalue weighted by Gasteiger charge is 2.10. The molecule has 1 N–H and O–H groups in total. The first kappa shape index (κ1) is 10.5. The Morgan fingerprint density at radius 2 is 2.06 bits per heavy atom. The Hall–Kier alpha value is -1.97. The summed E-state index contributed by atoms with van der Waals surface area (Å²) >= 11 is 0. The van der Waals surface area contributed by atoms with Crippen molar-refractivity contribution in [3.63, 3.8) is 0 Å². The first-order valence-corrected chi connectivity index (χ1v) is 5.02. The average Bonchev–Trinajstić information content (AvgIpc) is 2.18. The number of hydrogen-bond acceptors (Lipinski definition) is 3. The van der Waals surface area contributed by atoms with Gasteiger partial charge in [-0.2, -0.15) is 0 Å². The van der Waals surface area contributed by atoms with Crippen molar-refractivity contribution >= 4 is 16.9 Å². The third-order valence-corrected chi connectivity index (χ3v) is 2.44. The van der Waals surface area contributed by atoms with E-state index in [4.69, 9.17) is 5.11 Å². The molecule has 0 aliphatic heterocycles. The molecular formula is C12H12N2O2. The quantitative estimate of drug-likeness (QED) is 0.832. The molecule has 0 radical (unpaired) electrons. The number of aryl methyl sites for hydroxylation is 2. The van der Waals surface area contributed by atoms with Crippen molar-refractivity contribution < 1.29 is 9.90 Å². The molecule has 0 spiro atoms. The highest BCUT2D eigenvalue weighted by atomic mass is 16.4. The van der Waals surface area contributed by atoms with E-state index in [0.29, 0.717) is 11.5 Å². The molecule has 1 aromatic heterocycles. The molecule has 0 amide bonds. The monoisotopic (exact) mass is 216 g/mol. The molecule has 0 atom stereocenters. The molecule has 0 saturated heterocycles. The van der Waals surface area contributed by atoms with Gasteiger partial charge in [-0.1, -0.05) is 18.2 Å². The summed E-state index contributed by atoms with van der Waals surface area (Å²) in [5.74, 6) is -0.265. The Morgan fingerprint density at radius 3 is 2.75 bits per heavy atom. The van der Waals surface area contributed by atoms with E-state index in [-0.39, 0.29) is 6.42 Å². The summed E-state index contributed by atoms with van der Waals surface area (Å²) in [5.41, 5.74) is 2.46. The predicted octanol–water partition coefficient (Wildman–Crippen LogP) is 1.87. The van der Waals surface area contributed by atoms with Gasteiger partial charge in [0.2, 0.25) is 0 Å². The first-order chi connectivity index (χ1) is 7.58. The highest BCUT2D eigenvalue weighted by molar-refractivity contribution is 5.86. The van der Waals surface area contributed by atoms with E-state index in [1.807, 2.05) is 25.1 Å². The van der Waals surface area contributed by atoms with Crippen molar-refractivity contribution in [3.8, 4) is 0 Å². The molecule has 0 aliphatic carbocycles. The van der Waals surface area contributed by atoms with E-state index in [2.05, 4.69) is 9.97 Å². The van der Waals surface area contributed by atoms with Gasteiger partial charge in [0, 0.05) is 5.39 Å². The summed E-state index contributed by atoms with van der Waals surface area (Å²) in [4.78, 5) is 19.3. The molecular weight excluding hydrogens is 204 g/mol. The Bertz CT molecular complexity index is 564. The number of benzene rings is 1. The van der Waals surface area contributed by atoms with Gasteiger partial charge in [0.25, 0.3) is 0 Å². The number of aromatic nitrogens is 2. The largest absolute Gasteiger partial charge is 0.481 e. The predicted molar refractivity (Wildman–Crippen MR) is 60.4 cm³/mol. The van der Waals surface area contributed by atoms with Gasteiger partial charge < -0.3 is 5.11 Å². The van der Waals surface area contributed by atoms with Crippen LogP contribution >= 0.6 is 0 Å². The number of rotatable bonds is 2. The number of nitrogens with zero attached hydrogens (tertiary/aromatic N) is 2. The van der Waals surface area contributed by atoms with Crippen LogP contribution in [0.1, 0.15) is 17.1 Å². The van der Waals surface area contributed by atoms with Crippen LogP contribution in [0.3, 0.4) is 0 Å². The molecule has 4 heteroatoms. The number of para-hydroxylation sites is 1. The number of aliphatic carboxylic acids is 1. The lowest BCUT2D eigenvalue weighted by molar-refractivity contribution is -0.136. The normalized spacial score (nSPS) is 10.6. The number of carbonyl (C=O) groups is 1. The molecule has 1 heterocycles. The minimum Gasteiger partial charge on any atom is -0.481 e. The summed E-state index contributed by atoms with van der Waals surface area (Å²) in [7, 11) is 0. The Kier molecular flexibility index (Phi) is 2.56. The minimum absolute atomic E-state index is 0.0662. The summed E-state index contributed by atoms with van der Waals surface area (Å²) in [5, 5.41) is 9.65. The van der Waals surface area contributed by atoms with Gasteiger partial charge in [0.05, 0.1) is 17.6 Å². The molecule has 0 fully saturated rings. The highest BCUT2D eigenvalue weighted by Crippen LogP contribution is 2.19. The molecule has 0 bridgehead atoms. The van der Waals surface area contributed by atoms with Gasteiger partial charge in [0.15, 0.2) is 0 Å². The molecule has 2 aromatic rings. The first-order valence-electron chi connectivity index (χ1n) is 5.02. The maximum Gasteiger partial charge on any atom is 0.309 e. The fourth-order valence-corrected chi connectivity index (χ4v) is 1.76. The van der Waals surface area contributed by atoms with E-state index >= 15 is 0 Å². The molecule has 82 valence electrons. The van der Waals surface area contributed by atoms with Crippen LogP contribution in [0.25, 0.3) is 10.9 Å². The molecule has 4 nitrogen and oxygen atoms in total. The second-order valence-corrected chi connectivity index (χ2v) is 3.76. The summed E-state index contributed by atoms with van der Waals surface area (Å²) in [6.45, 7) is 3.73. The fourth-order valence-electron chi connectivity index (χ4n) is 1.76. The van der Waals surface area contributed by atoms with Crippen molar-refractivity contribution in [2.75, 3.05) is 0 Å². The maximum atomic E-state index is 10.7. The second-order valence-electron chi connectivity index (χ2n) is 3.76. The molecule has 1 aromatic carbocycles. The van der Waals surface area contributed by atoms with Crippen molar-refractivity contribution in [2.45, 2.75) is 20.3 Å². The van der Waals surface area contributed by atoms with Gasteiger partial charge >= 0.3 is 5.97 Å². The van der Waals surface area contributed by atoms with Gasteiger partial charge in [-0.05, 0) is 19.4 Å². The zero-order valence-corrected chi connectivity index (χ0v) is 9.19. The van der Waals surface area contributed by atoms with Crippen LogP contribution in [0.2, 0.25) is 0 Å². The smallest absolute Gasteiger partial charge is 0.309 e. The second kappa shape index (κ2) is 3.89. The van der Waals surface area contributed by atoms with Crippen LogP contribution in [0.4, 0.5) is 0 Å². The number of carboxylic acids is 1. The zero-order valence-electron chi connectivity index (χ0n) is 9.19. The number of fused-ring (bicyclic) bond motifs is 1. The minimum atomic E-state index is -0.874. The number of hydrogen-bond donors (Lipinski definition) is 1. The van der Waals surface area contributed by atoms with Gasteiger partial charge in [0.1, 0.15) is 5.82 Å². The summed E-state index contributed by atoms with van der Waals surface area (Å²) < 4.78 is 0. The SMILES string of the molecule is Cc1nc(CC(=O)O)c2cccc(C)c2n1.